The number of fused-ring (bicyclic) bond motifs is 1. The molecule has 0 fully saturated rings. The maximum atomic E-state index is 13.6. The van der Waals surface area contributed by atoms with Crippen molar-refractivity contribution in [1.82, 2.24) is 0 Å². The molecule has 0 saturated heterocycles. The van der Waals surface area contributed by atoms with E-state index in [1.807, 2.05) is 17.9 Å². The zero-order valence-electron chi connectivity index (χ0n) is 18.7. The minimum atomic E-state index is -3.15. The largest absolute Gasteiger partial charge is 0.478 e. The number of hydrogen-bond acceptors (Lipinski definition) is 6. The Labute approximate surface area is 199 Å². The number of rotatable bonds is 9. The SMILES string of the molecule is CCCCC1CN(c2ccc(F)cc2)c2cc(SCC)c(O/C=C/C(=O)O)cc2S(O)(O)C1. The van der Waals surface area contributed by atoms with E-state index in [9.17, 15) is 18.3 Å². The highest BCUT2D eigenvalue weighted by atomic mass is 32.3. The molecule has 1 unspecified atom stereocenters. The molecule has 3 rings (SSSR count). The van der Waals surface area contributed by atoms with E-state index < -0.39 is 16.6 Å². The Morgan fingerprint density at radius 3 is 2.64 bits per heavy atom. The monoisotopic (exact) mass is 495 g/mol. The Balaban J connectivity index is 2.15. The Kier molecular flexibility index (Phi) is 8.69. The average Bonchev–Trinajstić information content (AvgIpc) is 2.86. The lowest BCUT2D eigenvalue weighted by atomic mass is 10.0. The van der Waals surface area contributed by atoms with Crippen molar-refractivity contribution in [2.45, 2.75) is 42.9 Å². The molecule has 3 N–H and O–H groups in total. The van der Waals surface area contributed by atoms with E-state index in [2.05, 4.69) is 6.92 Å². The number of carboxylic acid groups (broad SMARTS) is 1. The summed E-state index contributed by atoms with van der Waals surface area (Å²) in [6.07, 6.45) is 4.78. The molecule has 0 bridgehead atoms. The van der Waals surface area contributed by atoms with Gasteiger partial charge in [-0.15, -0.1) is 11.8 Å². The van der Waals surface area contributed by atoms with Gasteiger partial charge in [-0.1, -0.05) is 26.7 Å². The summed E-state index contributed by atoms with van der Waals surface area (Å²) in [6, 6.07) is 9.64. The van der Waals surface area contributed by atoms with E-state index in [0.29, 0.717) is 22.9 Å². The molecule has 2 aromatic rings. The van der Waals surface area contributed by atoms with Gasteiger partial charge in [-0.25, -0.2) is 9.18 Å². The molecule has 0 spiro atoms. The smallest absolute Gasteiger partial charge is 0.331 e. The van der Waals surface area contributed by atoms with Crippen LogP contribution in [0.1, 0.15) is 33.1 Å². The third-order valence-electron chi connectivity index (χ3n) is 5.39. The normalized spacial score (nSPS) is 18.6. The van der Waals surface area contributed by atoms with Gasteiger partial charge in [0, 0.05) is 24.1 Å². The van der Waals surface area contributed by atoms with Crippen molar-refractivity contribution >= 4 is 39.7 Å². The van der Waals surface area contributed by atoms with Crippen LogP contribution in [0.2, 0.25) is 0 Å². The van der Waals surface area contributed by atoms with Crippen LogP contribution in [-0.4, -0.2) is 38.2 Å². The molecule has 1 heterocycles. The Morgan fingerprint density at radius 2 is 2.00 bits per heavy atom. The lowest BCUT2D eigenvalue weighted by Gasteiger charge is -2.34. The number of thioether (sulfide) groups is 1. The average molecular weight is 496 g/mol. The van der Waals surface area contributed by atoms with Gasteiger partial charge in [-0.3, -0.25) is 9.11 Å². The second-order valence-corrected chi connectivity index (χ2v) is 11.3. The van der Waals surface area contributed by atoms with Crippen molar-refractivity contribution in [3.05, 3.63) is 54.6 Å². The van der Waals surface area contributed by atoms with Crippen LogP contribution in [0.4, 0.5) is 15.8 Å². The summed E-state index contributed by atoms with van der Waals surface area (Å²) in [6.45, 7) is 4.66. The molecule has 0 radical (unpaired) electrons. The number of unbranched alkanes of at least 4 members (excludes halogenated alkanes) is 1. The molecule has 0 saturated carbocycles. The number of ether oxygens (including phenoxy) is 1. The fraction of sp³-hybridized carbons (Fsp3) is 0.375. The summed E-state index contributed by atoms with van der Waals surface area (Å²) in [5, 5.41) is 8.88. The van der Waals surface area contributed by atoms with Crippen LogP contribution in [0.5, 0.6) is 5.75 Å². The number of aliphatic carboxylic acids is 1. The van der Waals surface area contributed by atoms with Crippen LogP contribution in [0.3, 0.4) is 0 Å². The van der Waals surface area contributed by atoms with Crippen LogP contribution in [0, 0.1) is 11.7 Å². The minimum absolute atomic E-state index is 0.0333. The number of benzene rings is 2. The van der Waals surface area contributed by atoms with Crippen LogP contribution in [0.15, 0.2) is 58.5 Å². The maximum Gasteiger partial charge on any atom is 0.331 e. The molecular formula is C24H30FNO5S2. The summed E-state index contributed by atoms with van der Waals surface area (Å²) in [7, 11) is -3.15. The summed E-state index contributed by atoms with van der Waals surface area (Å²) in [4.78, 5) is 14.0. The third-order valence-corrected chi connectivity index (χ3v) is 8.27. The van der Waals surface area contributed by atoms with E-state index in [4.69, 9.17) is 9.84 Å². The van der Waals surface area contributed by atoms with E-state index in [1.165, 1.54) is 23.9 Å². The lowest BCUT2D eigenvalue weighted by molar-refractivity contribution is -0.131. The van der Waals surface area contributed by atoms with Gasteiger partial charge in [0.15, 0.2) is 0 Å². The number of nitrogens with zero attached hydrogens (tertiary/aromatic N) is 1. The van der Waals surface area contributed by atoms with E-state index >= 15 is 0 Å². The molecule has 2 aromatic carbocycles. The molecule has 0 aliphatic carbocycles. The van der Waals surface area contributed by atoms with E-state index in [-0.39, 0.29) is 17.5 Å². The first-order chi connectivity index (χ1) is 15.7. The van der Waals surface area contributed by atoms with Crippen molar-refractivity contribution in [3.8, 4) is 5.75 Å². The first-order valence-corrected chi connectivity index (χ1v) is 13.6. The third kappa shape index (κ3) is 6.44. The molecule has 6 nitrogen and oxygen atoms in total. The van der Waals surface area contributed by atoms with E-state index in [0.717, 1.165) is 47.9 Å². The highest BCUT2D eigenvalue weighted by Gasteiger charge is 2.34. The van der Waals surface area contributed by atoms with Crippen molar-refractivity contribution in [2.75, 3.05) is 23.0 Å². The highest BCUT2D eigenvalue weighted by molar-refractivity contribution is 8.24. The molecule has 1 aliphatic heterocycles. The topological polar surface area (TPSA) is 90.2 Å². The van der Waals surface area contributed by atoms with E-state index in [1.54, 1.807) is 18.2 Å². The summed E-state index contributed by atoms with van der Waals surface area (Å²) in [5.41, 5.74) is 1.41. The van der Waals surface area contributed by atoms with Crippen LogP contribution in [0.25, 0.3) is 0 Å². The second kappa shape index (κ2) is 11.3. The predicted octanol–water partition coefficient (Wildman–Crippen LogP) is 6.98. The van der Waals surface area contributed by atoms with Crippen molar-refractivity contribution in [1.29, 1.82) is 0 Å². The zero-order chi connectivity index (χ0) is 24.0. The van der Waals surface area contributed by atoms with Crippen molar-refractivity contribution < 1.29 is 28.1 Å². The molecule has 1 atom stereocenters. The van der Waals surface area contributed by atoms with Gasteiger partial charge in [0.2, 0.25) is 0 Å². The summed E-state index contributed by atoms with van der Waals surface area (Å²) >= 11 is 1.51. The first-order valence-electron chi connectivity index (χ1n) is 10.9. The van der Waals surface area contributed by atoms with Crippen molar-refractivity contribution in [3.63, 3.8) is 0 Å². The van der Waals surface area contributed by atoms with Gasteiger partial charge in [0.25, 0.3) is 0 Å². The number of carboxylic acids is 1. The van der Waals surface area contributed by atoms with Gasteiger partial charge >= 0.3 is 5.97 Å². The fourth-order valence-corrected chi connectivity index (χ4v) is 6.55. The molecule has 0 amide bonds. The van der Waals surface area contributed by atoms with Crippen LogP contribution < -0.4 is 9.64 Å². The Morgan fingerprint density at radius 1 is 1.27 bits per heavy atom. The van der Waals surface area contributed by atoms with Gasteiger partial charge in [-0.05, 0) is 48.4 Å². The minimum Gasteiger partial charge on any atom is -0.478 e. The number of hydrogen-bond donors (Lipinski definition) is 3. The number of halogens is 1. The molecule has 9 heteroatoms. The summed E-state index contributed by atoms with van der Waals surface area (Å²) < 4.78 is 41.7. The Hall–Kier alpha value is -2.20. The van der Waals surface area contributed by atoms with Gasteiger partial charge in [-0.2, -0.15) is 10.6 Å². The quantitative estimate of drug-likeness (QED) is 0.196. The molecule has 1 aliphatic rings. The highest BCUT2D eigenvalue weighted by Crippen LogP contribution is 2.59. The molecule has 180 valence electrons. The number of carbonyl (C=O) groups is 1. The van der Waals surface area contributed by atoms with Crippen molar-refractivity contribution in [2.24, 2.45) is 5.92 Å². The maximum absolute atomic E-state index is 13.6. The fourth-order valence-electron chi connectivity index (χ4n) is 3.89. The molecule has 0 aromatic heterocycles. The first kappa shape index (κ1) is 25.4. The van der Waals surface area contributed by atoms with Crippen LogP contribution >= 0.6 is 22.4 Å². The van der Waals surface area contributed by atoms with Gasteiger partial charge in [0.1, 0.15) is 11.6 Å². The van der Waals surface area contributed by atoms with Crippen LogP contribution in [-0.2, 0) is 4.79 Å². The van der Waals surface area contributed by atoms with Gasteiger partial charge < -0.3 is 14.7 Å². The second-order valence-electron chi connectivity index (χ2n) is 7.89. The summed E-state index contributed by atoms with van der Waals surface area (Å²) in [5.74, 6) is -0.113. The zero-order valence-corrected chi connectivity index (χ0v) is 20.4. The lowest BCUT2D eigenvalue weighted by Crippen LogP contribution is -2.25. The predicted molar refractivity (Wildman–Crippen MR) is 133 cm³/mol. The van der Waals surface area contributed by atoms with Gasteiger partial charge in [0.05, 0.1) is 27.8 Å². The standard InChI is InChI=1S/C24H30FNO5S2/c1-3-5-6-17-15-26(19-9-7-18(25)8-10-19)20-13-22(32-4-2)21(31-12-11-24(27)28)14-23(20)33(29,30)16-17/h7-14,17,29-30H,3-6,15-16H2,1-2H3,(H,27,28)/b12-11+. The molecular weight excluding hydrogens is 465 g/mol. The molecule has 33 heavy (non-hydrogen) atoms. The number of anilines is 2. The Bertz CT molecular complexity index is 997.